The van der Waals surface area contributed by atoms with Crippen LogP contribution in [-0.4, -0.2) is 23.1 Å². The Morgan fingerprint density at radius 3 is 2.83 bits per heavy atom. The Labute approximate surface area is 184 Å². The number of nitrogen functional groups attached to an aromatic ring is 1. The second-order valence-electron chi connectivity index (χ2n) is 6.47. The number of pyridine rings is 1. The Bertz CT molecular complexity index is 1310. The van der Waals surface area contributed by atoms with E-state index in [2.05, 4.69) is 36.5 Å². The second-order valence-corrected chi connectivity index (χ2v) is 7.38. The molecule has 4 aromatic rings. The number of ether oxygens (including phenoxy) is 1. The van der Waals surface area contributed by atoms with Gasteiger partial charge in [0, 0.05) is 36.4 Å². The number of H-pyrrole nitrogens is 1. The summed E-state index contributed by atoms with van der Waals surface area (Å²) in [7, 11) is 1.53. The number of aromatic nitrogens is 2. The summed E-state index contributed by atoms with van der Waals surface area (Å²) in [6.45, 7) is 0. The van der Waals surface area contributed by atoms with Gasteiger partial charge in [-0.2, -0.15) is 0 Å². The van der Waals surface area contributed by atoms with E-state index in [1.807, 2.05) is 12.1 Å². The molecule has 30 heavy (non-hydrogen) atoms. The molecule has 0 atom stereocenters. The smallest absolute Gasteiger partial charge is 0.323 e. The van der Waals surface area contributed by atoms with Crippen molar-refractivity contribution in [1.29, 1.82) is 0 Å². The van der Waals surface area contributed by atoms with E-state index < -0.39 is 12.4 Å². The quantitative estimate of drug-likeness (QED) is 0.325. The largest absolute Gasteiger partial charge is 0.495 e. The number of anilines is 3. The summed E-state index contributed by atoms with van der Waals surface area (Å²) in [4.78, 5) is 19.7. The number of rotatable bonds is 5. The van der Waals surface area contributed by atoms with Crippen LogP contribution in [0.4, 0.5) is 22.0 Å². The summed E-state index contributed by atoms with van der Waals surface area (Å²) in [5.41, 5.74) is 8.16. The van der Waals surface area contributed by atoms with Gasteiger partial charge in [0.25, 0.3) is 0 Å². The summed E-state index contributed by atoms with van der Waals surface area (Å²) in [5.74, 6) is 0.764. The maximum Gasteiger partial charge on any atom is 0.323 e. The summed E-state index contributed by atoms with van der Waals surface area (Å²) >= 11 is 3.38. The van der Waals surface area contributed by atoms with Gasteiger partial charge < -0.3 is 26.1 Å². The van der Waals surface area contributed by atoms with E-state index in [9.17, 15) is 4.79 Å². The molecule has 0 radical (unpaired) electrons. The Hall–Kier alpha value is -3.52. The average Bonchev–Trinajstić information content (AvgIpc) is 3.20. The first-order chi connectivity index (χ1) is 15.3. The third kappa shape index (κ3) is 4.38. The lowest BCUT2D eigenvalue weighted by atomic mass is 10.1. The molecular weight excluding hydrogens is 446 g/mol. The van der Waals surface area contributed by atoms with Crippen molar-refractivity contribution in [3.8, 4) is 5.75 Å². The minimum atomic E-state index is -1.83. The number of hydrogen-bond donors (Lipinski definition) is 4. The van der Waals surface area contributed by atoms with Crippen molar-refractivity contribution in [2.24, 2.45) is 0 Å². The van der Waals surface area contributed by atoms with Crippen molar-refractivity contribution in [3.63, 3.8) is 0 Å². The third-order valence-corrected chi connectivity index (χ3v) is 4.88. The van der Waals surface area contributed by atoms with Crippen LogP contribution in [0, 0.1) is 0 Å². The fourth-order valence-electron chi connectivity index (χ4n) is 3.07. The second kappa shape index (κ2) is 8.46. The van der Waals surface area contributed by atoms with Crippen LogP contribution in [-0.2, 0) is 6.37 Å². The maximum atomic E-state index is 12.7. The summed E-state index contributed by atoms with van der Waals surface area (Å²) < 4.78 is 23.3. The van der Waals surface area contributed by atoms with E-state index in [0.29, 0.717) is 39.3 Å². The van der Waals surface area contributed by atoms with Crippen molar-refractivity contribution in [1.82, 2.24) is 9.97 Å². The number of benzene rings is 2. The van der Waals surface area contributed by atoms with Crippen LogP contribution in [0.1, 0.15) is 14.0 Å². The number of methoxy groups -OCH3 is 1. The molecule has 0 saturated carbocycles. The average molecular weight is 468 g/mol. The molecule has 2 heterocycles. The Kier molecular flexibility index (Phi) is 4.89. The van der Waals surface area contributed by atoms with E-state index >= 15 is 0 Å². The zero-order chi connectivity index (χ0) is 22.9. The number of aromatic amines is 1. The monoisotopic (exact) mass is 467 g/mol. The zero-order valence-electron chi connectivity index (χ0n) is 18.0. The van der Waals surface area contributed by atoms with Gasteiger partial charge in [0.1, 0.15) is 11.6 Å². The van der Waals surface area contributed by atoms with Gasteiger partial charge >= 0.3 is 6.03 Å². The highest BCUT2D eigenvalue weighted by Crippen LogP contribution is 2.29. The molecule has 0 bridgehead atoms. The minimum Gasteiger partial charge on any atom is -0.495 e. The van der Waals surface area contributed by atoms with Gasteiger partial charge in [0.05, 0.1) is 18.5 Å². The predicted octanol–water partition coefficient (Wildman–Crippen LogP) is 5.15. The Morgan fingerprint density at radius 2 is 2.03 bits per heavy atom. The highest BCUT2D eigenvalue weighted by molar-refractivity contribution is 9.10. The number of carbonyl (C=O) groups is 1. The number of halogens is 1. The lowest BCUT2D eigenvalue weighted by molar-refractivity contribution is 0.262. The van der Waals surface area contributed by atoms with Gasteiger partial charge in [-0.05, 0) is 54.1 Å². The minimum absolute atomic E-state index is 0.240. The van der Waals surface area contributed by atoms with Gasteiger partial charge in [-0.25, -0.2) is 9.78 Å². The number of nitrogens with one attached hydrogen (secondary N) is 3. The number of nitrogens with zero attached hydrogens (tertiary/aromatic N) is 1. The molecule has 152 valence electrons. The molecule has 4 rings (SSSR count). The summed E-state index contributed by atoms with van der Waals surface area (Å²) in [6.07, 6.45) is -0.363. The number of fused-ring (bicyclic) bond motifs is 1. The third-order valence-electron chi connectivity index (χ3n) is 4.38. The van der Waals surface area contributed by atoms with Crippen LogP contribution < -0.4 is 21.1 Å². The van der Waals surface area contributed by atoms with E-state index in [4.69, 9.17) is 13.2 Å². The van der Waals surface area contributed by atoms with Crippen molar-refractivity contribution < 1.29 is 12.3 Å². The van der Waals surface area contributed by atoms with Crippen molar-refractivity contribution in [2.45, 2.75) is 6.37 Å². The van der Waals surface area contributed by atoms with E-state index in [1.54, 1.807) is 36.4 Å². The molecule has 0 fully saturated rings. The van der Waals surface area contributed by atoms with Crippen molar-refractivity contribution >= 4 is 50.1 Å². The molecule has 0 spiro atoms. The van der Waals surface area contributed by atoms with Crippen LogP contribution in [0.3, 0.4) is 0 Å². The first kappa shape index (κ1) is 17.3. The first-order valence-corrected chi connectivity index (χ1v) is 9.83. The van der Waals surface area contributed by atoms with Gasteiger partial charge in [-0.3, -0.25) is 0 Å². The number of amides is 2. The lowest BCUT2D eigenvalue weighted by Crippen LogP contribution is -2.19. The Morgan fingerprint density at radius 1 is 1.20 bits per heavy atom. The molecule has 2 amide bonds. The lowest BCUT2D eigenvalue weighted by Gasteiger charge is -2.12. The number of hydrogen-bond acceptors (Lipinski definition) is 4. The zero-order valence-corrected chi connectivity index (χ0v) is 17.6. The van der Waals surface area contributed by atoms with Crippen LogP contribution in [0.2, 0.25) is 0 Å². The molecule has 7 nitrogen and oxygen atoms in total. The highest BCUT2D eigenvalue weighted by Gasteiger charge is 2.12. The molecule has 0 saturated heterocycles. The normalized spacial score (nSPS) is 12.2. The van der Waals surface area contributed by atoms with Gasteiger partial charge in [-0.15, -0.1) is 0 Å². The Balaban J connectivity index is 1.63. The topological polar surface area (TPSA) is 105 Å². The number of carbonyl (C=O) groups excluding carboxylic acids is 1. The van der Waals surface area contributed by atoms with Gasteiger partial charge in [0.2, 0.25) is 0 Å². The fraction of sp³-hybridized carbons (Fsp3) is 0.0909. The summed E-state index contributed by atoms with van der Waals surface area (Å²) in [5, 5.41) is 6.27. The molecule has 0 aliphatic rings. The SMILES string of the molecule is [2H]C([2H])(c1ccnc(N)c1)c1cc2c(NC(=O)Nc3cc(Br)ccc3OC)cccc2[nH]1. The van der Waals surface area contributed by atoms with Crippen LogP contribution in [0.5, 0.6) is 5.75 Å². The first-order valence-electron chi connectivity index (χ1n) is 10.0. The molecule has 0 aliphatic heterocycles. The van der Waals surface area contributed by atoms with E-state index in [1.165, 1.54) is 19.4 Å². The van der Waals surface area contributed by atoms with Crippen molar-refractivity contribution in [3.05, 3.63) is 76.5 Å². The number of nitrogens with two attached hydrogens (primary N) is 1. The molecule has 5 N–H and O–H groups in total. The fourth-order valence-corrected chi connectivity index (χ4v) is 3.43. The predicted molar refractivity (Wildman–Crippen MR) is 123 cm³/mol. The number of urea groups is 1. The van der Waals surface area contributed by atoms with Gasteiger partial charge in [0.15, 0.2) is 0 Å². The highest BCUT2D eigenvalue weighted by atomic mass is 79.9. The molecular formula is C22H20BrN5O2. The molecule has 0 aliphatic carbocycles. The maximum absolute atomic E-state index is 12.7. The molecule has 2 aromatic carbocycles. The summed E-state index contributed by atoms with van der Waals surface area (Å²) in [6, 6.07) is 14.9. The molecule has 8 heteroatoms. The van der Waals surface area contributed by atoms with Crippen molar-refractivity contribution in [2.75, 3.05) is 23.5 Å². The van der Waals surface area contributed by atoms with E-state index in [-0.39, 0.29) is 5.82 Å². The van der Waals surface area contributed by atoms with E-state index in [0.717, 1.165) is 4.47 Å². The molecule has 0 unspecified atom stereocenters. The van der Waals surface area contributed by atoms with Crippen LogP contribution in [0.25, 0.3) is 10.9 Å². The van der Waals surface area contributed by atoms with Crippen LogP contribution in [0.15, 0.2) is 65.3 Å². The molecule has 2 aromatic heterocycles. The van der Waals surface area contributed by atoms with Gasteiger partial charge in [-0.1, -0.05) is 22.0 Å². The standard InChI is InChI=1S/C22H20BrN5O2/c1-30-20-6-5-14(23)11-19(20)28-22(29)27-18-4-2-3-17-16(18)12-15(26-17)9-13-7-8-25-21(24)10-13/h2-8,10-12,26H,9H2,1H3,(H2,24,25)(H2,27,28,29)/i9D2. The van der Waals surface area contributed by atoms with Crippen LogP contribution >= 0.6 is 15.9 Å².